The molecule has 0 spiro atoms. The van der Waals surface area contributed by atoms with E-state index in [1.165, 1.54) is 11.8 Å². The van der Waals surface area contributed by atoms with Crippen LogP contribution in [0.2, 0.25) is 0 Å². The molecular formula is C27H28N4O2S. The molecule has 174 valence electrons. The van der Waals surface area contributed by atoms with Crippen molar-refractivity contribution in [3.05, 3.63) is 102 Å². The van der Waals surface area contributed by atoms with E-state index in [0.29, 0.717) is 18.2 Å². The van der Waals surface area contributed by atoms with Crippen LogP contribution in [0, 0.1) is 0 Å². The van der Waals surface area contributed by atoms with E-state index in [-0.39, 0.29) is 5.91 Å². The number of ether oxygens (including phenoxy) is 1. The first kappa shape index (κ1) is 23.6. The molecule has 4 aromatic rings. The first-order valence-corrected chi connectivity index (χ1v) is 12.1. The maximum absolute atomic E-state index is 13.1. The van der Waals surface area contributed by atoms with Gasteiger partial charge in [0.05, 0.1) is 6.61 Å². The number of aromatic nitrogens is 3. The van der Waals surface area contributed by atoms with Crippen LogP contribution in [-0.2, 0) is 11.2 Å². The third-order valence-electron chi connectivity index (χ3n) is 5.30. The second-order valence-corrected chi connectivity index (χ2v) is 9.04. The first-order valence-electron chi connectivity index (χ1n) is 11.2. The van der Waals surface area contributed by atoms with Gasteiger partial charge >= 0.3 is 0 Å². The normalized spacial score (nSPS) is 11.7. The zero-order chi connectivity index (χ0) is 23.9. The Morgan fingerprint density at radius 2 is 1.59 bits per heavy atom. The van der Waals surface area contributed by atoms with Gasteiger partial charge in [0, 0.05) is 26.2 Å². The molecule has 0 radical (unpaired) electrons. The van der Waals surface area contributed by atoms with Crippen molar-refractivity contribution in [3.63, 3.8) is 0 Å². The number of rotatable bonds is 9. The Morgan fingerprint density at radius 1 is 0.941 bits per heavy atom. The van der Waals surface area contributed by atoms with Crippen molar-refractivity contribution in [1.82, 2.24) is 19.7 Å². The number of amides is 1. The molecule has 0 bridgehead atoms. The summed E-state index contributed by atoms with van der Waals surface area (Å²) >= 11 is 1.41. The van der Waals surface area contributed by atoms with Crippen LogP contribution in [-0.4, -0.2) is 46.3 Å². The van der Waals surface area contributed by atoms with Crippen LogP contribution >= 0.6 is 11.8 Å². The van der Waals surface area contributed by atoms with Gasteiger partial charge in [-0.1, -0.05) is 72.4 Å². The molecule has 4 rings (SSSR count). The average molecular weight is 473 g/mol. The number of thioether (sulfide) groups is 1. The molecule has 0 aliphatic rings. The van der Waals surface area contributed by atoms with E-state index in [9.17, 15) is 4.79 Å². The Morgan fingerprint density at radius 3 is 2.21 bits per heavy atom. The molecule has 1 amide bonds. The Kier molecular flexibility index (Phi) is 7.65. The fourth-order valence-corrected chi connectivity index (χ4v) is 4.84. The molecule has 34 heavy (non-hydrogen) atoms. The summed E-state index contributed by atoms with van der Waals surface area (Å²) < 4.78 is 7.65. The number of benzene rings is 3. The topological polar surface area (TPSA) is 60.2 Å². The van der Waals surface area contributed by atoms with Crippen LogP contribution in [0.3, 0.4) is 0 Å². The van der Waals surface area contributed by atoms with E-state index in [0.717, 1.165) is 28.4 Å². The van der Waals surface area contributed by atoms with Gasteiger partial charge in [-0.2, -0.15) is 0 Å². The molecule has 7 heteroatoms. The van der Waals surface area contributed by atoms with Crippen molar-refractivity contribution in [1.29, 1.82) is 0 Å². The summed E-state index contributed by atoms with van der Waals surface area (Å²) in [6, 6.07) is 27.9. The predicted octanol–water partition coefficient (Wildman–Crippen LogP) is 5.18. The van der Waals surface area contributed by atoms with Gasteiger partial charge in [0.15, 0.2) is 5.16 Å². The lowest BCUT2D eigenvalue weighted by Crippen LogP contribution is -2.27. The van der Waals surface area contributed by atoms with Crippen molar-refractivity contribution >= 4 is 17.7 Å². The first-order chi connectivity index (χ1) is 16.6. The fourth-order valence-electron chi connectivity index (χ4n) is 3.62. The molecule has 0 aliphatic carbocycles. The Bertz CT molecular complexity index is 1210. The van der Waals surface area contributed by atoms with Gasteiger partial charge in [-0.25, -0.2) is 0 Å². The lowest BCUT2D eigenvalue weighted by atomic mass is 10.1. The van der Waals surface area contributed by atoms with Crippen LogP contribution in [0.15, 0.2) is 90.1 Å². The standard InChI is InChI=1S/C27H28N4O2S/c1-4-33-23-17-15-22(16-18-23)31-24(19-20-11-7-5-8-12-20)28-29-27(31)34-25(26(32)30(2)3)21-13-9-6-10-14-21/h5-18,25H,4,19H2,1-3H3/t25-/m1/s1. The largest absolute Gasteiger partial charge is 0.494 e. The van der Waals surface area contributed by atoms with Gasteiger partial charge in [-0.05, 0) is 42.3 Å². The molecule has 3 aromatic carbocycles. The monoisotopic (exact) mass is 472 g/mol. The van der Waals surface area contributed by atoms with Gasteiger partial charge in [0.1, 0.15) is 16.8 Å². The fraction of sp³-hybridized carbons (Fsp3) is 0.222. The van der Waals surface area contributed by atoms with E-state index in [2.05, 4.69) is 22.3 Å². The van der Waals surface area contributed by atoms with Crippen LogP contribution in [0.5, 0.6) is 5.75 Å². The third kappa shape index (κ3) is 5.48. The van der Waals surface area contributed by atoms with Crippen molar-refractivity contribution in [2.45, 2.75) is 23.8 Å². The molecule has 0 unspecified atom stereocenters. The van der Waals surface area contributed by atoms with Gasteiger partial charge < -0.3 is 9.64 Å². The highest BCUT2D eigenvalue weighted by Crippen LogP contribution is 2.37. The lowest BCUT2D eigenvalue weighted by molar-refractivity contribution is -0.128. The minimum Gasteiger partial charge on any atom is -0.494 e. The second kappa shape index (κ2) is 11.0. The van der Waals surface area contributed by atoms with E-state index in [1.54, 1.807) is 19.0 Å². The summed E-state index contributed by atoms with van der Waals surface area (Å²) in [4.78, 5) is 14.8. The Balaban J connectivity index is 1.75. The van der Waals surface area contributed by atoms with Gasteiger partial charge in [0.25, 0.3) is 0 Å². The van der Waals surface area contributed by atoms with Crippen molar-refractivity contribution in [3.8, 4) is 11.4 Å². The lowest BCUT2D eigenvalue weighted by Gasteiger charge is -2.20. The quantitative estimate of drug-likeness (QED) is 0.314. The molecule has 0 saturated heterocycles. The van der Waals surface area contributed by atoms with Crippen molar-refractivity contribution in [2.75, 3.05) is 20.7 Å². The van der Waals surface area contributed by atoms with Crippen LogP contribution in [0.1, 0.15) is 29.1 Å². The smallest absolute Gasteiger partial charge is 0.240 e. The minimum atomic E-state index is -0.438. The summed E-state index contributed by atoms with van der Waals surface area (Å²) in [6.07, 6.45) is 0.624. The summed E-state index contributed by atoms with van der Waals surface area (Å²) in [7, 11) is 3.55. The second-order valence-electron chi connectivity index (χ2n) is 7.96. The molecule has 1 heterocycles. The third-order valence-corrected chi connectivity index (χ3v) is 6.49. The summed E-state index contributed by atoms with van der Waals surface area (Å²) in [6.45, 7) is 2.57. The maximum Gasteiger partial charge on any atom is 0.240 e. The zero-order valence-electron chi connectivity index (χ0n) is 19.6. The summed E-state index contributed by atoms with van der Waals surface area (Å²) in [5, 5.41) is 9.29. The van der Waals surface area contributed by atoms with Gasteiger partial charge in [-0.15, -0.1) is 10.2 Å². The SMILES string of the molecule is CCOc1ccc(-n2c(Cc3ccccc3)nnc2S[C@@H](C(=O)N(C)C)c2ccccc2)cc1. The molecule has 6 nitrogen and oxygen atoms in total. The molecular weight excluding hydrogens is 444 g/mol. The Hall–Kier alpha value is -3.58. The number of nitrogens with zero attached hydrogens (tertiary/aromatic N) is 4. The van der Waals surface area contributed by atoms with E-state index >= 15 is 0 Å². The molecule has 1 atom stereocenters. The van der Waals surface area contributed by atoms with Crippen LogP contribution < -0.4 is 4.74 Å². The summed E-state index contributed by atoms with van der Waals surface area (Å²) in [5.41, 5.74) is 2.99. The number of carbonyl (C=O) groups is 1. The van der Waals surface area contributed by atoms with E-state index in [1.807, 2.05) is 84.3 Å². The minimum absolute atomic E-state index is 0.00190. The number of hydrogen-bond acceptors (Lipinski definition) is 5. The number of likely N-dealkylation sites (N-methyl/N-ethyl adjacent to an activating group) is 1. The predicted molar refractivity (Wildman–Crippen MR) is 136 cm³/mol. The molecule has 0 aliphatic heterocycles. The molecule has 0 fully saturated rings. The highest BCUT2D eigenvalue weighted by Gasteiger charge is 2.27. The highest BCUT2D eigenvalue weighted by atomic mass is 32.2. The Labute approximate surface area is 204 Å². The van der Waals surface area contributed by atoms with E-state index in [4.69, 9.17) is 4.74 Å². The zero-order valence-corrected chi connectivity index (χ0v) is 20.4. The maximum atomic E-state index is 13.1. The van der Waals surface area contributed by atoms with Crippen molar-refractivity contribution in [2.24, 2.45) is 0 Å². The molecule has 1 aromatic heterocycles. The van der Waals surface area contributed by atoms with Gasteiger partial charge in [-0.3, -0.25) is 9.36 Å². The summed E-state index contributed by atoms with van der Waals surface area (Å²) in [5.74, 6) is 1.62. The van der Waals surface area contributed by atoms with Crippen LogP contribution in [0.25, 0.3) is 5.69 Å². The number of hydrogen-bond donors (Lipinski definition) is 0. The van der Waals surface area contributed by atoms with Crippen LogP contribution in [0.4, 0.5) is 0 Å². The number of carbonyl (C=O) groups excluding carboxylic acids is 1. The average Bonchev–Trinajstić information content (AvgIpc) is 3.25. The van der Waals surface area contributed by atoms with Gasteiger partial charge in [0.2, 0.25) is 5.91 Å². The highest BCUT2D eigenvalue weighted by molar-refractivity contribution is 8.00. The van der Waals surface area contributed by atoms with Crippen molar-refractivity contribution < 1.29 is 9.53 Å². The molecule has 0 N–H and O–H groups in total. The van der Waals surface area contributed by atoms with E-state index < -0.39 is 5.25 Å². The molecule has 0 saturated carbocycles.